The lowest BCUT2D eigenvalue weighted by atomic mass is 10.1. The van der Waals surface area contributed by atoms with Gasteiger partial charge in [-0.05, 0) is 12.1 Å². The number of fused-ring (bicyclic) bond motifs is 2. The van der Waals surface area contributed by atoms with Crippen LogP contribution in [0.25, 0.3) is 4.96 Å². The van der Waals surface area contributed by atoms with Crippen molar-refractivity contribution in [1.82, 2.24) is 19.5 Å². The van der Waals surface area contributed by atoms with Gasteiger partial charge in [-0.15, -0.1) is 11.3 Å². The smallest absolute Gasteiger partial charge is 0.261 e. The van der Waals surface area contributed by atoms with Gasteiger partial charge in [0.15, 0.2) is 0 Å². The van der Waals surface area contributed by atoms with Crippen LogP contribution in [0.1, 0.15) is 26.4 Å². The molecule has 1 aromatic carbocycles. The largest absolute Gasteiger partial charge is 0.274 e. The predicted molar refractivity (Wildman–Crippen MR) is 76.4 cm³/mol. The molecule has 0 saturated heterocycles. The zero-order chi connectivity index (χ0) is 14.4. The Labute approximate surface area is 123 Å². The highest BCUT2D eigenvalue weighted by atomic mass is 32.1. The summed E-state index contributed by atoms with van der Waals surface area (Å²) >= 11 is 1.49. The van der Waals surface area contributed by atoms with Gasteiger partial charge in [-0.25, -0.2) is 9.50 Å². The van der Waals surface area contributed by atoms with Gasteiger partial charge in [-0.2, -0.15) is 5.10 Å². The summed E-state index contributed by atoms with van der Waals surface area (Å²) in [5, 5.41) is 6.08. The summed E-state index contributed by atoms with van der Waals surface area (Å²) in [7, 11) is 0. The topological polar surface area (TPSA) is 67.6 Å². The number of hydrogen-bond donors (Lipinski definition) is 0. The number of aromatic nitrogens is 3. The molecule has 0 radical (unpaired) electrons. The number of nitrogens with zero attached hydrogens (tertiary/aromatic N) is 4. The van der Waals surface area contributed by atoms with E-state index in [9.17, 15) is 9.59 Å². The molecular formula is C14H10N4O2S. The van der Waals surface area contributed by atoms with Gasteiger partial charge in [0, 0.05) is 18.3 Å². The number of amides is 2. The first-order valence-corrected chi connectivity index (χ1v) is 7.35. The minimum atomic E-state index is -0.222. The fraction of sp³-hybridized carbons (Fsp3) is 0.143. The molecule has 2 aromatic heterocycles. The van der Waals surface area contributed by atoms with Gasteiger partial charge < -0.3 is 0 Å². The number of rotatable bonds is 3. The molecule has 6 nitrogen and oxygen atoms in total. The average molecular weight is 298 g/mol. The molecule has 0 saturated carbocycles. The van der Waals surface area contributed by atoms with Crippen LogP contribution < -0.4 is 0 Å². The fourth-order valence-corrected chi connectivity index (χ4v) is 3.34. The van der Waals surface area contributed by atoms with E-state index in [2.05, 4.69) is 10.1 Å². The molecule has 104 valence electrons. The van der Waals surface area contributed by atoms with Crippen molar-refractivity contribution >= 4 is 28.1 Å². The first-order chi connectivity index (χ1) is 10.3. The second kappa shape index (κ2) is 4.49. The maximum Gasteiger partial charge on any atom is 0.261 e. The summed E-state index contributed by atoms with van der Waals surface area (Å²) in [6.45, 7) is 0.345. The lowest BCUT2D eigenvalue weighted by molar-refractivity contribution is 0.0655. The van der Waals surface area contributed by atoms with Crippen molar-refractivity contribution in [3.8, 4) is 0 Å². The predicted octanol–water partition coefficient (Wildman–Crippen LogP) is 1.63. The molecule has 0 aliphatic carbocycles. The maximum absolute atomic E-state index is 12.3. The van der Waals surface area contributed by atoms with Crippen molar-refractivity contribution in [3.63, 3.8) is 0 Å². The average Bonchev–Trinajstić information content (AvgIpc) is 3.16. The molecule has 0 spiro atoms. The van der Waals surface area contributed by atoms with Gasteiger partial charge in [0.05, 0.1) is 16.8 Å². The zero-order valence-electron chi connectivity index (χ0n) is 10.9. The van der Waals surface area contributed by atoms with E-state index in [0.717, 1.165) is 10.7 Å². The molecule has 0 bridgehead atoms. The van der Waals surface area contributed by atoms with Crippen molar-refractivity contribution in [2.45, 2.75) is 6.42 Å². The first-order valence-electron chi connectivity index (χ1n) is 6.47. The summed E-state index contributed by atoms with van der Waals surface area (Å²) in [5.41, 5.74) is 1.92. The van der Waals surface area contributed by atoms with Gasteiger partial charge in [0.25, 0.3) is 11.8 Å². The summed E-state index contributed by atoms with van der Waals surface area (Å²) in [5.74, 6) is -0.443. The number of carbonyl (C=O) groups excluding carboxylic acids is 2. The van der Waals surface area contributed by atoms with Gasteiger partial charge >= 0.3 is 0 Å². The Bertz CT molecular complexity index is 832. The van der Waals surface area contributed by atoms with Gasteiger partial charge in [-0.1, -0.05) is 12.1 Å². The standard InChI is InChI=1S/C14H10N4O2S/c19-12-10-3-1-2-4-11(10)13(20)17(12)6-5-9-7-21-14-15-8-16-18(9)14/h1-4,7-8H,5-6H2. The van der Waals surface area contributed by atoms with Crippen LogP contribution in [0, 0.1) is 0 Å². The highest BCUT2D eigenvalue weighted by Crippen LogP contribution is 2.23. The second-order valence-electron chi connectivity index (χ2n) is 4.74. The molecule has 1 aliphatic rings. The molecule has 4 rings (SSSR count). The minimum Gasteiger partial charge on any atom is -0.274 e. The van der Waals surface area contributed by atoms with Crippen molar-refractivity contribution in [3.05, 3.63) is 52.8 Å². The Hall–Kier alpha value is -2.54. The van der Waals surface area contributed by atoms with Crippen molar-refractivity contribution in [1.29, 1.82) is 0 Å². The van der Waals surface area contributed by atoms with Crippen molar-refractivity contribution < 1.29 is 9.59 Å². The Balaban J connectivity index is 1.58. The third kappa shape index (κ3) is 1.78. The van der Waals surface area contributed by atoms with Crippen LogP contribution in [0.4, 0.5) is 0 Å². The molecule has 1 aliphatic heterocycles. The van der Waals surface area contributed by atoms with E-state index in [1.807, 2.05) is 5.38 Å². The normalized spacial score (nSPS) is 14.2. The molecule has 0 unspecified atom stereocenters. The van der Waals surface area contributed by atoms with Crippen LogP contribution in [-0.2, 0) is 6.42 Å². The van der Waals surface area contributed by atoms with Crippen molar-refractivity contribution in [2.24, 2.45) is 0 Å². The molecule has 0 N–H and O–H groups in total. The molecule has 2 amide bonds. The summed E-state index contributed by atoms with van der Waals surface area (Å²) in [4.78, 5) is 30.7. The highest BCUT2D eigenvalue weighted by molar-refractivity contribution is 7.15. The third-order valence-corrected chi connectivity index (χ3v) is 4.44. The monoisotopic (exact) mass is 298 g/mol. The first kappa shape index (κ1) is 12.2. The van der Waals surface area contributed by atoms with E-state index < -0.39 is 0 Å². The summed E-state index contributed by atoms with van der Waals surface area (Å²) in [6.07, 6.45) is 2.06. The van der Waals surface area contributed by atoms with Crippen LogP contribution >= 0.6 is 11.3 Å². The number of thiazole rings is 1. The van der Waals surface area contributed by atoms with Crippen LogP contribution in [0.5, 0.6) is 0 Å². The van der Waals surface area contributed by atoms with Gasteiger partial charge in [0.1, 0.15) is 6.33 Å². The van der Waals surface area contributed by atoms with Crippen LogP contribution in [0.15, 0.2) is 36.0 Å². The lowest BCUT2D eigenvalue weighted by Crippen LogP contribution is -2.32. The van der Waals surface area contributed by atoms with Gasteiger partial charge in [0.2, 0.25) is 4.96 Å². The number of benzene rings is 1. The maximum atomic E-state index is 12.3. The van der Waals surface area contributed by atoms with E-state index in [4.69, 9.17) is 0 Å². The second-order valence-corrected chi connectivity index (χ2v) is 5.58. The Kier molecular flexibility index (Phi) is 2.61. The molecule has 3 heterocycles. The zero-order valence-corrected chi connectivity index (χ0v) is 11.7. The van der Waals surface area contributed by atoms with E-state index in [1.165, 1.54) is 22.6 Å². The number of imide groups is 1. The quantitative estimate of drug-likeness (QED) is 0.689. The van der Waals surface area contributed by atoms with Gasteiger partial charge in [-0.3, -0.25) is 14.5 Å². The Morgan fingerprint density at radius 3 is 2.52 bits per heavy atom. The Morgan fingerprint density at radius 1 is 1.10 bits per heavy atom. The molecule has 0 fully saturated rings. The van der Waals surface area contributed by atoms with Crippen LogP contribution in [0.3, 0.4) is 0 Å². The molecule has 0 atom stereocenters. The van der Waals surface area contributed by atoms with E-state index >= 15 is 0 Å². The summed E-state index contributed by atoms with van der Waals surface area (Å²) < 4.78 is 1.74. The molecule has 3 aromatic rings. The number of carbonyl (C=O) groups is 2. The minimum absolute atomic E-state index is 0.222. The lowest BCUT2D eigenvalue weighted by Gasteiger charge is -2.12. The van der Waals surface area contributed by atoms with Crippen LogP contribution in [0.2, 0.25) is 0 Å². The Morgan fingerprint density at radius 2 is 1.81 bits per heavy atom. The van der Waals surface area contributed by atoms with E-state index in [-0.39, 0.29) is 11.8 Å². The number of hydrogen-bond acceptors (Lipinski definition) is 5. The fourth-order valence-electron chi connectivity index (χ4n) is 2.51. The summed E-state index contributed by atoms with van der Waals surface area (Å²) in [6, 6.07) is 6.92. The van der Waals surface area contributed by atoms with E-state index in [0.29, 0.717) is 24.1 Å². The highest BCUT2D eigenvalue weighted by Gasteiger charge is 2.34. The van der Waals surface area contributed by atoms with Crippen molar-refractivity contribution in [2.75, 3.05) is 6.54 Å². The molecule has 21 heavy (non-hydrogen) atoms. The SMILES string of the molecule is O=C1c2ccccc2C(=O)N1CCc1csc2ncnn12. The molecular weight excluding hydrogens is 288 g/mol. The van der Waals surface area contributed by atoms with Crippen LogP contribution in [-0.4, -0.2) is 37.9 Å². The third-order valence-electron chi connectivity index (χ3n) is 3.56. The van der Waals surface area contributed by atoms with E-state index in [1.54, 1.807) is 28.8 Å². The molecule has 7 heteroatoms.